The Morgan fingerprint density at radius 1 is 1.11 bits per heavy atom. The van der Waals surface area contributed by atoms with Crippen LogP contribution in [0.15, 0.2) is 54.9 Å². The molecule has 0 aliphatic heterocycles. The molecule has 1 unspecified atom stereocenters. The molecule has 0 radical (unpaired) electrons. The summed E-state index contributed by atoms with van der Waals surface area (Å²) >= 11 is 6.52. The number of benzene rings is 2. The average Bonchev–Trinajstić information content (AvgIpc) is 2.86. The van der Waals surface area contributed by atoms with Crippen LogP contribution < -0.4 is 20.7 Å². The van der Waals surface area contributed by atoms with E-state index in [0.29, 0.717) is 29.3 Å². The number of urea groups is 1. The molecule has 0 saturated heterocycles. The van der Waals surface area contributed by atoms with Crippen molar-refractivity contribution in [1.82, 2.24) is 15.3 Å². The van der Waals surface area contributed by atoms with E-state index < -0.39 is 23.8 Å². The Hall–Kier alpha value is -4.36. The highest BCUT2D eigenvalue weighted by molar-refractivity contribution is 6.31. The summed E-state index contributed by atoms with van der Waals surface area (Å²) in [5, 5.41) is 17.3. The number of ether oxygens (including phenoxy) is 2. The fraction of sp³-hybridized carbons (Fsp3) is 0.296. The van der Waals surface area contributed by atoms with E-state index in [0.717, 1.165) is 11.1 Å². The van der Waals surface area contributed by atoms with Gasteiger partial charge in [0.25, 0.3) is 0 Å². The third-order valence-corrected chi connectivity index (χ3v) is 5.56. The Labute approximate surface area is 226 Å². The summed E-state index contributed by atoms with van der Waals surface area (Å²) in [6.45, 7) is 5.62. The van der Waals surface area contributed by atoms with Crippen LogP contribution in [0.3, 0.4) is 0 Å². The highest BCUT2D eigenvalue weighted by Gasteiger charge is 2.23. The van der Waals surface area contributed by atoms with E-state index in [1.165, 1.54) is 12.4 Å². The zero-order chi connectivity index (χ0) is 27.7. The smallest absolute Gasteiger partial charge is 0.408 e. The first-order valence-electron chi connectivity index (χ1n) is 11.8. The second-order valence-electron chi connectivity index (χ2n) is 9.33. The zero-order valence-electron chi connectivity index (χ0n) is 21.5. The molecular weight excluding hydrogens is 508 g/mol. The lowest BCUT2D eigenvalue weighted by Gasteiger charge is -2.25. The van der Waals surface area contributed by atoms with Crippen LogP contribution in [-0.4, -0.2) is 34.7 Å². The van der Waals surface area contributed by atoms with Crippen molar-refractivity contribution in [1.29, 1.82) is 5.26 Å². The lowest BCUT2D eigenvalue weighted by molar-refractivity contribution is 0.0850. The molecule has 11 heteroatoms. The number of aromatic nitrogens is 2. The third-order valence-electron chi connectivity index (χ3n) is 5.21. The van der Waals surface area contributed by atoms with Gasteiger partial charge in [-0.05, 0) is 57.4 Å². The number of methoxy groups -OCH3 is 1. The fourth-order valence-electron chi connectivity index (χ4n) is 3.52. The number of para-hydroxylation sites is 1. The molecular formula is C27H29ClN6O4. The maximum atomic E-state index is 12.6. The van der Waals surface area contributed by atoms with Gasteiger partial charge in [-0.15, -0.1) is 0 Å². The van der Waals surface area contributed by atoms with Gasteiger partial charge in [0.15, 0.2) is 11.5 Å². The third kappa shape index (κ3) is 8.35. The van der Waals surface area contributed by atoms with E-state index in [1.54, 1.807) is 25.3 Å². The van der Waals surface area contributed by atoms with Gasteiger partial charge in [-0.1, -0.05) is 35.9 Å². The molecule has 0 saturated carbocycles. The molecule has 3 rings (SSSR count). The maximum Gasteiger partial charge on any atom is 0.408 e. The standard InChI is InChI=1S/C27H29ClN6O4/c1-27(2,3)34-26(36)38-23(20-7-5-6-8-22(20)37-4)12-10-17-9-11-18(13-21(17)28)32-25(35)33-24-16-30-19(14-29)15-31-24/h5-9,11,13,15-16,23H,10,12H2,1-4H3,(H,34,36)(H2,31,32,33,35). The number of nitrogens with one attached hydrogen (secondary N) is 3. The van der Waals surface area contributed by atoms with Crippen molar-refractivity contribution in [2.75, 3.05) is 17.7 Å². The molecule has 38 heavy (non-hydrogen) atoms. The summed E-state index contributed by atoms with van der Waals surface area (Å²) in [7, 11) is 1.57. The summed E-state index contributed by atoms with van der Waals surface area (Å²) < 4.78 is 11.3. The van der Waals surface area contributed by atoms with E-state index in [4.69, 9.17) is 26.3 Å². The monoisotopic (exact) mass is 536 g/mol. The Kier molecular flexibility index (Phi) is 9.46. The summed E-state index contributed by atoms with van der Waals surface area (Å²) in [6, 6.07) is 13.9. The number of anilines is 2. The van der Waals surface area contributed by atoms with Gasteiger partial charge in [0.1, 0.15) is 17.9 Å². The maximum absolute atomic E-state index is 12.6. The van der Waals surface area contributed by atoms with Crippen LogP contribution in [0.25, 0.3) is 0 Å². The van der Waals surface area contributed by atoms with Gasteiger partial charge in [-0.3, -0.25) is 5.32 Å². The number of aryl methyl sites for hydroxylation is 1. The average molecular weight is 537 g/mol. The predicted molar refractivity (Wildman–Crippen MR) is 144 cm³/mol. The fourth-order valence-corrected chi connectivity index (χ4v) is 3.79. The van der Waals surface area contributed by atoms with E-state index >= 15 is 0 Å². The van der Waals surface area contributed by atoms with Crippen molar-refractivity contribution in [3.05, 3.63) is 76.7 Å². The van der Waals surface area contributed by atoms with E-state index in [9.17, 15) is 9.59 Å². The van der Waals surface area contributed by atoms with Crippen molar-refractivity contribution >= 4 is 35.2 Å². The Balaban J connectivity index is 1.68. The molecule has 0 aliphatic carbocycles. The minimum Gasteiger partial charge on any atom is -0.496 e. The number of hydrogen-bond donors (Lipinski definition) is 3. The molecule has 1 aromatic heterocycles. The van der Waals surface area contributed by atoms with E-state index in [2.05, 4.69) is 25.9 Å². The van der Waals surface area contributed by atoms with Crippen molar-refractivity contribution in [3.63, 3.8) is 0 Å². The summed E-state index contributed by atoms with van der Waals surface area (Å²) in [6.07, 6.45) is 2.38. The Morgan fingerprint density at radius 2 is 1.87 bits per heavy atom. The SMILES string of the molecule is COc1ccccc1C(CCc1ccc(NC(=O)Nc2cnc(C#N)cn2)cc1Cl)OC(=O)NC(C)(C)C. The summed E-state index contributed by atoms with van der Waals surface area (Å²) in [5.41, 5.74) is 1.73. The molecule has 1 heterocycles. The Bertz CT molecular complexity index is 1320. The van der Waals surface area contributed by atoms with Gasteiger partial charge in [0.05, 0.1) is 19.5 Å². The van der Waals surface area contributed by atoms with Gasteiger partial charge >= 0.3 is 12.1 Å². The van der Waals surface area contributed by atoms with Gasteiger partial charge in [-0.25, -0.2) is 19.6 Å². The molecule has 0 aliphatic rings. The number of nitrogens with zero attached hydrogens (tertiary/aromatic N) is 3. The number of rotatable bonds is 8. The van der Waals surface area contributed by atoms with Crippen LogP contribution in [0.1, 0.15) is 50.1 Å². The molecule has 1 atom stereocenters. The first-order chi connectivity index (χ1) is 18.1. The topological polar surface area (TPSA) is 138 Å². The zero-order valence-corrected chi connectivity index (χ0v) is 22.3. The lowest BCUT2D eigenvalue weighted by atomic mass is 10.00. The van der Waals surface area contributed by atoms with Gasteiger partial charge in [0.2, 0.25) is 0 Å². The number of halogens is 1. The lowest BCUT2D eigenvalue weighted by Crippen LogP contribution is -2.41. The quantitative estimate of drug-likeness (QED) is 0.328. The predicted octanol–water partition coefficient (Wildman–Crippen LogP) is 5.85. The molecule has 10 nitrogen and oxygen atoms in total. The number of carbonyl (C=O) groups excluding carboxylic acids is 2. The van der Waals surface area contributed by atoms with Crippen LogP contribution in [0.5, 0.6) is 5.75 Å². The first kappa shape index (κ1) is 28.2. The van der Waals surface area contributed by atoms with Crippen LogP contribution >= 0.6 is 11.6 Å². The van der Waals surface area contributed by atoms with Crippen molar-refractivity contribution < 1.29 is 19.1 Å². The summed E-state index contributed by atoms with van der Waals surface area (Å²) in [4.78, 5) is 32.7. The highest BCUT2D eigenvalue weighted by Crippen LogP contribution is 2.32. The Morgan fingerprint density at radius 3 is 2.50 bits per heavy atom. The first-order valence-corrected chi connectivity index (χ1v) is 12.2. The van der Waals surface area contributed by atoms with Gasteiger partial charge < -0.3 is 20.1 Å². The molecule has 3 amide bonds. The number of hydrogen-bond acceptors (Lipinski definition) is 7. The molecule has 0 spiro atoms. The van der Waals surface area contributed by atoms with Crippen LogP contribution in [0, 0.1) is 11.3 Å². The van der Waals surface area contributed by atoms with Crippen molar-refractivity contribution in [2.24, 2.45) is 0 Å². The van der Waals surface area contributed by atoms with Crippen LogP contribution in [0.2, 0.25) is 5.02 Å². The normalized spacial score (nSPS) is 11.6. The molecule has 2 aromatic carbocycles. The summed E-state index contributed by atoms with van der Waals surface area (Å²) in [5.74, 6) is 0.812. The largest absolute Gasteiger partial charge is 0.496 e. The molecule has 3 N–H and O–H groups in total. The molecule has 198 valence electrons. The van der Waals surface area contributed by atoms with E-state index in [-0.39, 0.29) is 11.5 Å². The van der Waals surface area contributed by atoms with Crippen molar-refractivity contribution in [3.8, 4) is 11.8 Å². The second kappa shape index (κ2) is 12.7. The second-order valence-corrected chi connectivity index (χ2v) is 9.74. The number of nitriles is 1. The minimum atomic E-state index is -0.582. The van der Waals surface area contributed by atoms with Gasteiger partial charge in [-0.2, -0.15) is 5.26 Å². The number of alkyl carbamates (subject to hydrolysis) is 1. The number of carbonyl (C=O) groups is 2. The molecule has 0 fully saturated rings. The molecule has 0 bridgehead atoms. The van der Waals surface area contributed by atoms with Crippen molar-refractivity contribution in [2.45, 2.75) is 45.3 Å². The highest BCUT2D eigenvalue weighted by atomic mass is 35.5. The van der Waals surface area contributed by atoms with Crippen LogP contribution in [0.4, 0.5) is 21.1 Å². The molecule has 3 aromatic rings. The van der Waals surface area contributed by atoms with Crippen LogP contribution in [-0.2, 0) is 11.2 Å². The van der Waals surface area contributed by atoms with E-state index in [1.807, 2.05) is 51.1 Å². The van der Waals surface area contributed by atoms with Gasteiger partial charge in [0, 0.05) is 21.8 Å². The minimum absolute atomic E-state index is 0.145. The number of amides is 3.